The molecule has 0 saturated carbocycles. The van der Waals surface area contributed by atoms with Crippen molar-refractivity contribution in [1.82, 2.24) is 14.5 Å². The van der Waals surface area contributed by atoms with Gasteiger partial charge in [-0.15, -0.1) is 0 Å². The first kappa shape index (κ1) is 19.6. The molecule has 0 N–H and O–H groups in total. The molecule has 1 aromatic heterocycles. The summed E-state index contributed by atoms with van der Waals surface area (Å²) in [6.07, 6.45) is 3.26. The largest absolute Gasteiger partial charge is 0.367 e. The van der Waals surface area contributed by atoms with Crippen LogP contribution in [0.5, 0.6) is 0 Å². The van der Waals surface area contributed by atoms with E-state index in [9.17, 15) is 4.79 Å². The number of anilines is 1. The Kier molecular flexibility index (Phi) is 5.25. The van der Waals surface area contributed by atoms with Gasteiger partial charge in [-0.2, -0.15) is 0 Å². The summed E-state index contributed by atoms with van der Waals surface area (Å²) in [6.45, 7) is 7.20. The minimum atomic E-state index is 0.0292. The number of hydrogen-bond acceptors (Lipinski definition) is 4. The number of nitrogens with zero attached hydrogens (tertiary/aromatic N) is 4. The predicted molar refractivity (Wildman–Crippen MR) is 124 cm³/mol. The molecule has 3 aliphatic heterocycles. The number of aromatic nitrogens is 2. The Bertz CT molecular complexity index is 1130. The number of halogens is 1. The van der Waals surface area contributed by atoms with Crippen molar-refractivity contribution in [3.8, 4) is 11.4 Å². The van der Waals surface area contributed by atoms with Crippen molar-refractivity contribution in [3.05, 3.63) is 57.8 Å². The summed E-state index contributed by atoms with van der Waals surface area (Å²) in [5.41, 5.74) is 2.79. The van der Waals surface area contributed by atoms with Gasteiger partial charge in [0.25, 0.3) is 5.56 Å². The van der Waals surface area contributed by atoms with Gasteiger partial charge >= 0.3 is 0 Å². The molecule has 0 spiro atoms. The van der Waals surface area contributed by atoms with E-state index in [1.165, 1.54) is 25.9 Å². The van der Waals surface area contributed by atoms with E-state index in [1.54, 1.807) is 4.57 Å². The zero-order chi connectivity index (χ0) is 20.7. The fourth-order valence-corrected chi connectivity index (χ4v) is 5.08. The van der Waals surface area contributed by atoms with E-state index < -0.39 is 0 Å². The highest BCUT2D eigenvalue weighted by molar-refractivity contribution is 6.30. The third kappa shape index (κ3) is 3.50. The van der Waals surface area contributed by atoms with Crippen molar-refractivity contribution >= 4 is 28.2 Å². The molecule has 6 heteroatoms. The molecule has 0 unspecified atom stereocenters. The normalized spacial score (nSPS) is 21.2. The lowest BCUT2D eigenvalue weighted by atomic mass is 10.0. The Morgan fingerprint density at radius 3 is 2.67 bits per heavy atom. The highest BCUT2D eigenvalue weighted by Gasteiger charge is 2.29. The molecule has 156 valence electrons. The monoisotopic (exact) mass is 422 g/mol. The van der Waals surface area contributed by atoms with Crippen LogP contribution in [0.15, 0.2) is 47.3 Å². The van der Waals surface area contributed by atoms with Crippen molar-refractivity contribution < 1.29 is 0 Å². The van der Waals surface area contributed by atoms with Gasteiger partial charge in [-0.3, -0.25) is 9.36 Å². The lowest BCUT2D eigenvalue weighted by Gasteiger charge is -2.33. The number of benzene rings is 2. The Balaban J connectivity index is 1.63. The smallest absolute Gasteiger partial charge is 0.261 e. The second-order valence-corrected chi connectivity index (χ2v) is 8.81. The van der Waals surface area contributed by atoms with E-state index in [4.69, 9.17) is 16.6 Å². The van der Waals surface area contributed by atoms with Gasteiger partial charge in [0.15, 0.2) is 0 Å². The number of piperidine rings is 1. The number of fused-ring (bicyclic) bond motifs is 5. The van der Waals surface area contributed by atoms with Crippen LogP contribution in [-0.2, 0) is 6.54 Å². The highest BCUT2D eigenvalue weighted by Crippen LogP contribution is 2.29. The molecule has 4 heterocycles. The van der Waals surface area contributed by atoms with Gasteiger partial charge in [-0.05, 0) is 49.6 Å². The van der Waals surface area contributed by atoms with Gasteiger partial charge in [0.2, 0.25) is 0 Å². The molecule has 3 aliphatic rings. The summed E-state index contributed by atoms with van der Waals surface area (Å²) < 4.78 is 1.80. The summed E-state index contributed by atoms with van der Waals surface area (Å²) in [5, 5.41) is 1.35. The fraction of sp³-hybridized carbons (Fsp3) is 0.417. The van der Waals surface area contributed by atoms with Crippen LogP contribution in [0, 0.1) is 0 Å². The van der Waals surface area contributed by atoms with Gasteiger partial charge in [-0.1, -0.05) is 30.7 Å². The maximum atomic E-state index is 13.5. The summed E-state index contributed by atoms with van der Waals surface area (Å²) in [7, 11) is 0. The average Bonchev–Trinajstić information content (AvgIpc) is 3.09. The summed E-state index contributed by atoms with van der Waals surface area (Å²) in [5.74, 6) is 0.686. The second-order valence-electron chi connectivity index (χ2n) is 8.37. The summed E-state index contributed by atoms with van der Waals surface area (Å²) in [4.78, 5) is 23.5. The molecule has 0 amide bonds. The van der Waals surface area contributed by atoms with E-state index in [2.05, 4.69) is 28.9 Å². The van der Waals surface area contributed by atoms with E-state index in [0.717, 1.165) is 36.3 Å². The topological polar surface area (TPSA) is 41.4 Å². The lowest BCUT2D eigenvalue weighted by Crippen LogP contribution is -2.38. The van der Waals surface area contributed by atoms with Crippen molar-refractivity contribution in [1.29, 1.82) is 0 Å². The molecule has 3 saturated heterocycles. The van der Waals surface area contributed by atoms with Crippen LogP contribution >= 0.6 is 11.6 Å². The van der Waals surface area contributed by atoms with Crippen LogP contribution in [0.2, 0.25) is 5.02 Å². The Morgan fingerprint density at radius 2 is 1.90 bits per heavy atom. The second kappa shape index (κ2) is 8.05. The van der Waals surface area contributed by atoms with Gasteiger partial charge in [0, 0.05) is 55.0 Å². The standard InChI is InChI=1S/C24H27ClN4O/c1-2-10-29-23(17-4-3-5-18(25)15-17)26-22-7-6-20(16-21(22)24(29)30)28-14-13-27-11-8-19(28)9-12-27/h3-7,15-16,19H,2,8-14H2,1H3. The van der Waals surface area contributed by atoms with Crippen LogP contribution < -0.4 is 10.5 Å². The van der Waals surface area contributed by atoms with Crippen LogP contribution in [0.1, 0.15) is 26.2 Å². The van der Waals surface area contributed by atoms with Gasteiger partial charge in [-0.25, -0.2) is 4.98 Å². The maximum absolute atomic E-state index is 13.5. The fourth-order valence-electron chi connectivity index (χ4n) is 4.89. The summed E-state index contributed by atoms with van der Waals surface area (Å²) in [6, 6.07) is 14.3. The zero-order valence-electron chi connectivity index (χ0n) is 17.4. The third-order valence-electron chi connectivity index (χ3n) is 6.45. The zero-order valence-corrected chi connectivity index (χ0v) is 18.1. The molecule has 3 fully saturated rings. The van der Waals surface area contributed by atoms with E-state index in [0.29, 0.717) is 28.8 Å². The van der Waals surface area contributed by atoms with Crippen molar-refractivity contribution in [2.45, 2.75) is 38.8 Å². The number of hydrogen-bond donors (Lipinski definition) is 0. The van der Waals surface area contributed by atoms with Crippen LogP contribution in [0.25, 0.3) is 22.3 Å². The molecular weight excluding hydrogens is 396 g/mol. The first-order valence-electron chi connectivity index (χ1n) is 10.9. The highest BCUT2D eigenvalue weighted by atomic mass is 35.5. The van der Waals surface area contributed by atoms with Crippen molar-refractivity contribution in [3.63, 3.8) is 0 Å². The molecule has 2 bridgehead atoms. The first-order valence-corrected chi connectivity index (χ1v) is 11.3. The van der Waals surface area contributed by atoms with Crippen molar-refractivity contribution in [2.75, 3.05) is 31.1 Å². The Labute approximate surface area is 181 Å². The predicted octanol–water partition coefficient (Wildman–Crippen LogP) is 4.41. The lowest BCUT2D eigenvalue weighted by molar-refractivity contribution is 0.250. The SMILES string of the molecule is CCCn1c(-c2cccc(Cl)c2)nc2ccc(N3CCN4CCC3CC4)cc2c1=O. The van der Waals surface area contributed by atoms with Crippen molar-refractivity contribution in [2.24, 2.45) is 0 Å². The van der Waals surface area contributed by atoms with Gasteiger partial charge in [0.05, 0.1) is 10.9 Å². The Morgan fingerprint density at radius 1 is 1.07 bits per heavy atom. The molecule has 0 radical (unpaired) electrons. The molecule has 3 aromatic rings. The quantitative estimate of drug-likeness (QED) is 0.624. The van der Waals surface area contributed by atoms with Gasteiger partial charge < -0.3 is 9.80 Å². The molecule has 0 aliphatic carbocycles. The Hall–Kier alpha value is -2.37. The summed E-state index contributed by atoms with van der Waals surface area (Å²) >= 11 is 6.21. The third-order valence-corrected chi connectivity index (χ3v) is 6.69. The molecule has 5 nitrogen and oxygen atoms in total. The number of rotatable bonds is 4. The van der Waals surface area contributed by atoms with Crippen LogP contribution in [0.4, 0.5) is 5.69 Å². The van der Waals surface area contributed by atoms with E-state index >= 15 is 0 Å². The van der Waals surface area contributed by atoms with E-state index in [-0.39, 0.29) is 5.56 Å². The van der Waals surface area contributed by atoms with Gasteiger partial charge in [0.1, 0.15) is 5.82 Å². The minimum absolute atomic E-state index is 0.0292. The van der Waals surface area contributed by atoms with E-state index in [1.807, 2.05) is 30.3 Å². The average molecular weight is 423 g/mol. The molecule has 30 heavy (non-hydrogen) atoms. The molecule has 6 rings (SSSR count). The molecule has 2 aromatic carbocycles. The first-order chi connectivity index (χ1) is 14.6. The minimum Gasteiger partial charge on any atom is -0.367 e. The molecule has 0 atom stereocenters. The molecular formula is C24H27ClN4O. The van der Waals surface area contributed by atoms with Crippen LogP contribution in [0.3, 0.4) is 0 Å². The van der Waals surface area contributed by atoms with Crippen LogP contribution in [-0.4, -0.2) is 46.7 Å². The maximum Gasteiger partial charge on any atom is 0.261 e.